The molecule has 0 saturated carbocycles. The molecule has 0 aliphatic carbocycles. The number of benzene rings is 2. The van der Waals surface area contributed by atoms with E-state index < -0.39 is 6.61 Å². The number of rotatable bonds is 4. The number of halogens is 3. The Morgan fingerprint density at radius 1 is 1.24 bits per heavy atom. The molecule has 0 saturated heterocycles. The predicted octanol–water partition coefficient (Wildman–Crippen LogP) is 4.61. The summed E-state index contributed by atoms with van der Waals surface area (Å²) in [5.41, 5.74) is 1.79. The Labute approximate surface area is 129 Å². The van der Waals surface area contributed by atoms with Crippen molar-refractivity contribution in [3.63, 3.8) is 0 Å². The quantitative estimate of drug-likeness (QED) is 0.869. The van der Waals surface area contributed by atoms with E-state index >= 15 is 0 Å². The van der Waals surface area contributed by atoms with Crippen LogP contribution in [-0.4, -0.2) is 12.5 Å². The summed E-state index contributed by atoms with van der Waals surface area (Å²) in [7, 11) is 0. The lowest BCUT2D eigenvalue weighted by Crippen LogP contribution is -2.12. The van der Waals surface area contributed by atoms with Crippen molar-refractivity contribution in [3.8, 4) is 5.75 Å². The molecule has 110 valence electrons. The van der Waals surface area contributed by atoms with E-state index in [1.165, 1.54) is 18.2 Å². The van der Waals surface area contributed by atoms with Gasteiger partial charge in [-0.1, -0.05) is 22.0 Å². The standard InChI is InChI=1S/C15H12BrF2NO2/c1-9-5-10(7-11(16)6-9)14(20)19-12-3-2-4-13(8-12)21-15(17)18/h2-8,15H,1H3,(H,19,20). The fourth-order valence-corrected chi connectivity index (χ4v) is 2.43. The van der Waals surface area contributed by atoms with Crippen LogP contribution < -0.4 is 10.1 Å². The molecular weight excluding hydrogens is 344 g/mol. The fourth-order valence-electron chi connectivity index (χ4n) is 1.82. The maximum atomic E-state index is 12.2. The Morgan fingerprint density at radius 2 is 2.00 bits per heavy atom. The molecule has 3 nitrogen and oxygen atoms in total. The number of ether oxygens (including phenoxy) is 1. The average molecular weight is 356 g/mol. The van der Waals surface area contributed by atoms with Gasteiger partial charge in [0.1, 0.15) is 5.75 Å². The van der Waals surface area contributed by atoms with E-state index in [2.05, 4.69) is 26.0 Å². The summed E-state index contributed by atoms with van der Waals surface area (Å²) in [6.07, 6.45) is 0. The van der Waals surface area contributed by atoms with Crippen LogP contribution in [0.3, 0.4) is 0 Å². The molecule has 0 fully saturated rings. The van der Waals surface area contributed by atoms with Gasteiger partial charge in [-0.25, -0.2) is 0 Å². The van der Waals surface area contributed by atoms with Gasteiger partial charge in [0.15, 0.2) is 0 Å². The summed E-state index contributed by atoms with van der Waals surface area (Å²) in [6, 6.07) is 11.2. The largest absolute Gasteiger partial charge is 0.435 e. The van der Waals surface area contributed by atoms with E-state index in [9.17, 15) is 13.6 Å². The molecule has 21 heavy (non-hydrogen) atoms. The third-order valence-electron chi connectivity index (χ3n) is 2.62. The third kappa shape index (κ3) is 4.53. The van der Waals surface area contributed by atoms with Gasteiger partial charge in [-0.3, -0.25) is 4.79 Å². The van der Waals surface area contributed by atoms with Gasteiger partial charge < -0.3 is 10.1 Å². The number of hydrogen-bond acceptors (Lipinski definition) is 2. The minimum Gasteiger partial charge on any atom is -0.435 e. The number of nitrogens with one attached hydrogen (secondary N) is 1. The molecule has 2 rings (SSSR count). The average Bonchev–Trinajstić information content (AvgIpc) is 2.37. The predicted molar refractivity (Wildman–Crippen MR) is 79.9 cm³/mol. The van der Waals surface area contributed by atoms with Crippen LogP contribution in [0, 0.1) is 6.92 Å². The zero-order valence-electron chi connectivity index (χ0n) is 11.1. The lowest BCUT2D eigenvalue weighted by Gasteiger charge is -2.09. The molecule has 0 aliphatic rings. The van der Waals surface area contributed by atoms with Crippen molar-refractivity contribution in [2.45, 2.75) is 13.5 Å². The second-order valence-electron chi connectivity index (χ2n) is 4.38. The highest BCUT2D eigenvalue weighted by Crippen LogP contribution is 2.21. The van der Waals surface area contributed by atoms with E-state index in [4.69, 9.17) is 0 Å². The minimum absolute atomic E-state index is 0.00628. The Morgan fingerprint density at radius 3 is 2.67 bits per heavy atom. The number of anilines is 1. The first-order valence-corrected chi connectivity index (χ1v) is 6.87. The summed E-state index contributed by atoms with van der Waals surface area (Å²) in [5, 5.41) is 2.64. The van der Waals surface area contributed by atoms with Crippen molar-refractivity contribution in [2.75, 3.05) is 5.32 Å². The van der Waals surface area contributed by atoms with Crippen molar-refractivity contribution in [3.05, 3.63) is 58.1 Å². The minimum atomic E-state index is -2.90. The van der Waals surface area contributed by atoms with Gasteiger partial charge in [-0.2, -0.15) is 8.78 Å². The topological polar surface area (TPSA) is 38.3 Å². The van der Waals surface area contributed by atoms with Crippen LogP contribution in [-0.2, 0) is 0 Å². The van der Waals surface area contributed by atoms with E-state index in [1.807, 2.05) is 13.0 Å². The number of amides is 1. The van der Waals surface area contributed by atoms with Crippen LogP contribution in [0.1, 0.15) is 15.9 Å². The lowest BCUT2D eigenvalue weighted by molar-refractivity contribution is -0.0497. The highest BCUT2D eigenvalue weighted by Gasteiger charge is 2.09. The maximum Gasteiger partial charge on any atom is 0.387 e. The fraction of sp³-hybridized carbons (Fsp3) is 0.133. The van der Waals surface area contributed by atoms with Crippen molar-refractivity contribution < 1.29 is 18.3 Å². The van der Waals surface area contributed by atoms with Crippen LogP contribution in [0.4, 0.5) is 14.5 Å². The molecule has 0 aromatic heterocycles. The molecule has 2 aromatic carbocycles. The second-order valence-corrected chi connectivity index (χ2v) is 5.29. The zero-order valence-corrected chi connectivity index (χ0v) is 12.7. The molecule has 2 aromatic rings. The van der Waals surface area contributed by atoms with Crippen molar-refractivity contribution >= 4 is 27.5 Å². The number of aryl methyl sites for hydroxylation is 1. The molecule has 0 unspecified atom stereocenters. The van der Waals surface area contributed by atoms with Gasteiger partial charge in [0.2, 0.25) is 0 Å². The van der Waals surface area contributed by atoms with Crippen LogP contribution in [0.25, 0.3) is 0 Å². The molecule has 0 atom stereocenters. The SMILES string of the molecule is Cc1cc(Br)cc(C(=O)Nc2cccc(OC(F)F)c2)c1. The molecule has 0 aliphatic heterocycles. The van der Waals surface area contributed by atoms with Crippen LogP contribution in [0.2, 0.25) is 0 Å². The summed E-state index contributed by atoms with van der Waals surface area (Å²) >= 11 is 3.32. The van der Waals surface area contributed by atoms with Gasteiger partial charge in [0, 0.05) is 21.8 Å². The van der Waals surface area contributed by atoms with Gasteiger partial charge in [0.25, 0.3) is 5.91 Å². The number of carbonyl (C=O) groups excluding carboxylic acids is 1. The first kappa shape index (κ1) is 15.4. The summed E-state index contributed by atoms with van der Waals surface area (Å²) in [6.45, 7) is -1.03. The number of hydrogen-bond donors (Lipinski definition) is 1. The van der Waals surface area contributed by atoms with Gasteiger partial charge in [0.05, 0.1) is 0 Å². The molecule has 0 radical (unpaired) electrons. The third-order valence-corrected chi connectivity index (χ3v) is 3.08. The summed E-state index contributed by atoms with van der Waals surface area (Å²) in [4.78, 5) is 12.1. The molecule has 0 heterocycles. The summed E-state index contributed by atoms with van der Waals surface area (Å²) < 4.78 is 29.4. The van der Waals surface area contributed by atoms with Gasteiger partial charge in [-0.15, -0.1) is 0 Å². The molecule has 1 amide bonds. The monoisotopic (exact) mass is 355 g/mol. The van der Waals surface area contributed by atoms with Crippen LogP contribution in [0.15, 0.2) is 46.9 Å². The summed E-state index contributed by atoms with van der Waals surface area (Å²) in [5.74, 6) is -0.332. The van der Waals surface area contributed by atoms with E-state index in [0.717, 1.165) is 10.0 Å². The lowest BCUT2D eigenvalue weighted by atomic mass is 10.1. The Hall–Kier alpha value is -1.95. The first-order chi connectivity index (χ1) is 9.94. The smallest absolute Gasteiger partial charge is 0.387 e. The molecule has 1 N–H and O–H groups in total. The highest BCUT2D eigenvalue weighted by molar-refractivity contribution is 9.10. The van der Waals surface area contributed by atoms with E-state index in [1.54, 1.807) is 18.2 Å². The van der Waals surface area contributed by atoms with Crippen LogP contribution >= 0.6 is 15.9 Å². The molecule has 0 bridgehead atoms. The second kappa shape index (κ2) is 6.67. The van der Waals surface area contributed by atoms with Crippen molar-refractivity contribution in [1.29, 1.82) is 0 Å². The Balaban J connectivity index is 2.15. The Kier molecular flexibility index (Phi) is 4.90. The number of alkyl halides is 2. The Bertz CT molecular complexity index is 642. The zero-order chi connectivity index (χ0) is 15.4. The highest BCUT2D eigenvalue weighted by atomic mass is 79.9. The number of carbonyl (C=O) groups is 1. The first-order valence-electron chi connectivity index (χ1n) is 6.07. The molecule has 6 heteroatoms. The normalized spacial score (nSPS) is 10.5. The maximum absolute atomic E-state index is 12.2. The van der Waals surface area contributed by atoms with Crippen molar-refractivity contribution in [2.24, 2.45) is 0 Å². The van der Waals surface area contributed by atoms with E-state index in [-0.39, 0.29) is 11.7 Å². The molecular formula is C15H12BrF2NO2. The van der Waals surface area contributed by atoms with Gasteiger partial charge >= 0.3 is 6.61 Å². The van der Waals surface area contributed by atoms with Crippen LogP contribution in [0.5, 0.6) is 5.75 Å². The molecule has 0 spiro atoms. The van der Waals surface area contributed by atoms with E-state index in [0.29, 0.717) is 11.3 Å². The van der Waals surface area contributed by atoms with Gasteiger partial charge in [-0.05, 0) is 42.8 Å². The van der Waals surface area contributed by atoms with Crippen molar-refractivity contribution in [1.82, 2.24) is 0 Å².